The average Bonchev–Trinajstić information content (AvgIpc) is 2.75. The van der Waals surface area contributed by atoms with E-state index in [1.54, 1.807) is 0 Å². The third-order valence-corrected chi connectivity index (χ3v) is 2.72. The van der Waals surface area contributed by atoms with E-state index in [-0.39, 0.29) is 0 Å². The molecule has 0 bridgehead atoms. The minimum absolute atomic E-state index is 0.913. The molecular weight excluding hydrogens is 162 g/mol. The van der Waals surface area contributed by atoms with Crippen molar-refractivity contribution < 1.29 is 0 Å². The minimum Gasteiger partial charge on any atom is -0.316 e. The molecule has 13 heavy (non-hydrogen) atoms. The molecule has 2 rings (SSSR count). The first-order valence-corrected chi connectivity index (χ1v) is 5.13. The molecule has 2 heterocycles. The van der Waals surface area contributed by atoms with E-state index >= 15 is 0 Å². The Morgan fingerprint density at radius 2 is 2.54 bits per heavy atom. The van der Waals surface area contributed by atoms with Crippen molar-refractivity contribution in [3.05, 3.63) is 18.5 Å². The van der Waals surface area contributed by atoms with Gasteiger partial charge in [-0.05, 0) is 44.3 Å². The first-order chi connectivity index (χ1) is 6.45. The first-order valence-electron chi connectivity index (χ1n) is 5.13. The Morgan fingerprint density at radius 3 is 3.23 bits per heavy atom. The summed E-state index contributed by atoms with van der Waals surface area (Å²) in [4.78, 5) is 0. The molecule has 72 valence electrons. The topological polar surface area (TPSA) is 29.9 Å². The molecule has 0 amide bonds. The van der Waals surface area contributed by atoms with Gasteiger partial charge in [0, 0.05) is 18.9 Å². The number of aromatic nitrogens is 2. The molecule has 3 heteroatoms. The van der Waals surface area contributed by atoms with Crippen LogP contribution < -0.4 is 5.32 Å². The number of nitrogens with one attached hydrogen (secondary N) is 1. The largest absolute Gasteiger partial charge is 0.316 e. The molecule has 1 aliphatic rings. The second-order valence-electron chi connectivity index (χ2n) is 3.77. The molecule has 1 N–H and O–H groups in total. The van der Waals surface area contributed by atoms with Crippen LogP contribution in [0.2, 0.25) is 0 Å². The summed E-state index contributed by atoms with van der Waals surface area (Å²) in [6.45, 7) is 3.51. The third-order valence-electron chi connectivity index (χ3n) is 2.72. The molecule has 1 aliphatic heterocycles. The molecule has 1 fully saturated rings. The second kappa shape index (κ2) is 4.42. The van der Waals surface area contributed by atoms with E-state index in [1.807, 2.05) is 23.1 Å². The predicted molar refractivity (Wildman–Crippen MR) is 52.4 cm³/mol. The fraction of sp³-hybridized carbons (Fsp3) is 0.700. The average molecular weight is 179 g/mol. The van der Waals surface area contributed by atoms with Gasteiger partial charge in [-0.2, -0.15) is 5.10 Å². The van der Waals surface area contributed by atoms with Crippen molar-refractivity contribution in [2.75, 3.05) is 13.1 Å². The van der Waals surface area contributed by atoms with Crippen LogP contribution in [0.4, 0.5) is 0 Å². The van der Waals surface area contributed by atoms with Crippen molar-refractivity contribution in [3.63, 3.8) is 0 Å². The highest BCUT2D eigenvalue weighted by Crippen LogP contribution is 2.14. The lowest BCUT2D eigenvalue weighted by atomic mass is 10.0. The van der Waals surface area contributed by atoms with Crippen molar-refractivity contribution >= 4 is 0 Å². The van der Waals surface area contributed by atoms with Gasteiger partial charge in [-0.25, -0.2) is 0 Å². The van der Waals surface area contributed by atoms with Crippen LogP contribution in [0.25, 0.3) is 0 Å². The fourth-order valence-electron chi connectivity index (χ4n) is 1.94. The van der Waals surface area contributed by atoms with Crippen molar-refractivity contribution in [1.82, 2.24) is 15.1 Å². The summed E-state index contributed by atoms with van der Waals surface area (Å²) in [5.41, 5.74) is 0. The van der Waals surface area contributed by atoms with Gasteiger partial charge < -0.3 is 5.32 Å². The summed E-state index contributed by atoms with van der Waals surface area (Å²) >= 11 is 0. The van der Waals surface area contributed by atoms with E-state index in [4.69, 9.17) is 0 Å². The zero-order valence-electron chi connectivity index (χ0n) is 7.95. The van der Waals surface area contributed by atoms with Crippen LogP contribution in [0.5, 0.6) is 0 Å². The highest BCUT2D eigenvalue weighted by molar-refractivity contribution is 4.78. The maximum atomic E-state index is 4.18. The molecule has 3 nitrogen and oxygen atoms in total. The maximum absolute atomic E-state index is 4.18. The van der Waals surface area contributed by atoms with Crippen LogP contribution in [-0.4, -0.2) is 22.9 Å². The molecule has 0 aliphatic carbocycles. The van der Waals surface area contributed by atoms with Gasteiger partial charge in [-0.1, -0.05) is 0 Å². The Kier molecular flexibility index (Phi) is 2.98. The number of hydrogen-bond donors (Lipinski definition) is 1. The first kappa shape index (κ1) is 8.75. The zero-order chi connectivity index (χ0) is 8.93. The Labute approximate surface area is 79.1 Å². The van der Waals surface area contributed by atoms with Crippen LogP contribution in [-0.2, 0) is 6.54 Å². The standard InChI is InChI=1S/C10H17N3/c1(3-10-4-6-11-9-10)7-13-8-2-5-12-13/h2,5,8,10-11H,1,3-4,6-7,9H2. The van der Waals surface area contributed by atoms with Gasteiger partial charge in [0.1, 0.15) is 0 Å². The highest BCUT2D eigenvalue weighted by atomic mass is 15.3. The molecule has 0 aromatic carbocycles. The van der Waals surface area contributed by atoms with Gasteiger partial charge in [0.2, 0.25) is 0 Å². The van der Waals surface area contributed by atoms with Crippen LogP contribution >= 0.6 is 0 Å². The van der Waals surface area contributed by atoms with Gasteiger partial charge in [-0.15, -0.1) is 0 Å². The molecule has 0 spiro atoms. The predicted octanol–water partition coefficient (Wildman–Crippen LogP) is 1.27. The zero-order valence-corrected chi connectivity index (χ0v) is 7.95. The molecule has 1 aromatic rings. The molecular formula is C10H17N3. The summed E-state index contributed by atoms with van der Waals surface area (Å²) in [5, 5.41) is 7.57. The Balaban J connectivity index is 1.63. The molecule has 1 unspecified atom stereocenters. The number of hydrogen-bond acceptors (Lipinski definition) is 2. The van der Waals surface area contributed by atoms with E-state index in [0.717, 1.165) is 12.5 Å². The van der Waals surface area contributed by atoms with Crippen molar-refractivity contribution in [2.45, 2.75) is 25.8 Å². The molecule has 0 radical (unpaired) electrons. The molecule has 1 aromatic heterocycles. The molecule has 0 saturated carbocycles. The minimum atomic E-state index is 0.913. The normalized spacial score (nSPS) is 22.3. The van der Waals surface area contributed by atoms with E-state index in [9.17, 15) is 0 Å². The lowest BCUT2D eigenvalue weighted by Crippen LogP contribution is -2.09. The maximum Gasteiger partial charge on any atom is 0.0489 e. The quantitative estimate of drug-likeness (QED) is 0.754. The fourth-order valence-corrected chi connectivity index (χ4v) is 1.94. The van der Waals surface area contributed by atoms with E-state index in [0.29, 0.717) is 0 Å². The van der Waals surface area contributed by atoms with Crippen molar-refractivity contribution in [1.29, 1.82) is 0 Å². The summed E-state index contributed by atoms with van der Waals surface area (Å²) in [6.07, 6.45) is 7.84. The number of aryl methyl sites for hydroxylation is 1. The van der Waals surface area contributed by atoms with Gasteiger partial charge in [-0.3, -0.25) is 4.68 Å². The van der Waals surface area contributed by atoms with Crippen molar-refractivity contribution in [2.24, 2.45) is 5.92 Å². The monoisotopic (exact) mass is 179 g/mol. The second-order valence-corrected chi connectivity index (χ2v) is 3.77. The van der Waals surface area contributed by atoms with Gasteiger partial charge >= 0.3 is 0 Å². The van der Waals surface area contributed by atoms with Crippen LogP contribution in [0.3, 0.4) is 0 Å². The lowest BCUT2D eigenvalue weighted by Gasteiger charge is -2.07. The Morgan fingerprint density at radius 1 is 1.54 bits per heavy atom. The van der Waals surface area contributed by atoms with Crippen LogP contribution in [0.15, 0.2) is 18.5 Å². The Hall–Kier alpha value is -0.830. The highest BCUT2D eigenvalue weighted by Gasteiger charge is 2.13. The van der Waals surface area contributed by atoms with Crippen molar-refractivity contribution in [3.8, 4) is 0 Å². The van der Waals surface area contributed by atoms with Crippen LogP contribution in [0, 0.1) is 5.92 Å². The van der Waals surface area contributed by atoms with E-state index in [2.05, 4.69) is 10.4 Å². The van der Waals surface area contributed by atoms with Gasteiger partial charge in [0.25, 0.3) is 0 Å². The third kappa shape index (κ3) is 2.56. The SMILES string of the molecule is c1cnn(CCCC2CCNC2)c1. The summed E-state index contributed by atoms with van der Waals surface area (Å²) in [6, 6.07) is 1.98. The lowest BCUT2D eigenvalue weighted by molar-refractivity contribution is 0.464. The molecule has 1 atom stereocenters. The summed E-state index contributed by atoms with van der Waals surface area (Å²) in [7, 11) is 0. The van der Waals surface area contributed by atoms with Gasteiger partial charge in [0.05, 0.1) is 0 Å². The smallest absolute Gasteiger partial charge is 0.0489 e. The summed E-state index contributed by atoms with van der Waals surface area (Å²) in [5.74, 6) is 0.913. The van der Waals surface area contributed by atoms with Crippen LogP contribution in [0.1, 0.15) is 19.3 Å². The van der Waals surface area contributed by atoms with Gasteiger partial charge in [0.15, 0.2) is 0 Å². The Bertz CT molecular complexity index is 224. The van der Waals surface area contributed by atoms with E-state index in [1.165, 1.54) is 32.4 Å². The van der Waals surface area contributed by atoms with E-state index < -0.39 is 0 Å². The summed E-state index contributed by atoms with van der Waals surface area (Å²) < 4.78 is 2.02. The molecule has 1 saturated heterocycles. The number of rotatable bonds is 4. The number of nitrogens with zero attached hydrogens (tertiary/aromatic N) is 2.